The van der Waals surface area contributed by atoms with Crippen molar-refractivity contribution in [2.75, 3.05) is 31.5 Å². The van der Waals surface area contributed by atoms with Gasteiger partial charge in [-0.15, -0.1) is 0 Å². The third kappa shape index (κ3) is 4.61. The van der Waals surface area contributed by atoms with Crippen molar-refractivity contribution in [3.05, 3.63) is 42.0 Å². The fraction of sp³-hybridized carbons (Fsp3) is 0.364. The van der Waals surface area contributed by atoms with Gasteiger partial charge in [-0.2, -0.15) is 8.75 Å². The Balaban J connectivity index is 1.64. The summed E-state index contributed by atoms with van der Waals surface area (Å²) in [6, 6.07) is 10.1. The fourth-order valence-corrected chi connectivity index (χ4v) is 5.02. The van der Waals surface area contributed by atoms with E-state index in [1.165, 1.54) is 20.2 Å². The molecule has 10 nitrogen and oxygen atoms in total. The van der Waals surface area contributed by atoms with Crippen LogP contribution in [0.3, 0.4) is 0 Å². The van der Waals surface area contributed by atoms with Crippen molar-refractivity contribution in [1.82, 2.24) is 13.1 Å². The SMILES string of the molecule is CN(C)S(=O)(=O)c1cccc(Nc2nsnc2N[C@@H](c2ccc3c(c2)OCO3)C(C)(C)C)c1O. The van der Waals surface area contributed by atoms with Crippen LogP contribution in [0.2, 0.25) is 0 Å². The third-order valence-electron chi connectivity index (χ3n) is 5.38. The zero-order valence-corrected chi connectivity index (χ0v) is 21.1. The van der Waals surface area contributed by atoms with E-state index in [0.717, 1.165) is 21.6 Å². The lowest BCUT2D eigenvalue weighted by molar-refractivity contribution is 0.174. The summed E-state index contributed by atoms with van der Waals surface area (Å²) >= 11 is 0.996. The summed E-state index contributed by atoms with van der Waals surface area (Å²) in [4.78, 5) is -0.201. The van der Waals surface area contributed by atoms with Crippen molar-refractivity contribution in [3.8, 4) is 17.2 Å². The first kappa shape index (κ1) is 24.0. The van der Waals surface area contributed by atoms with E-state index in [9.17, 15) is 13.5 Å². The normalized spacial score (nSPS) is 14.3. The molecule has 1 atom stereocenters. The highest BCUT2D eigenvalue weighted by Crippen LogP contribution is 2.42. The number of rotatable bonds is 7. The van der Waals surface area contributed by atoms with E-state index in [0.29, 0.717) is 23.1 Å². The zero-order valence-electron chi connectivity index (χ0n) is 19.5. The van der Waals surface area contributed by atoms with Crippen LogP contribution >= 0.6 is 11.7 Å². The van der Waals surface area contributed by atoms with Crippen LogP contribution in [-0.4, -0.2) is 47.5 Å². The third-order valence-corrected chi connectivity index (χ3v) is 7.75. The first-order valence-electron chi connectivity index (χ1n) is 10.5. The van der Waals surface area contributed by atoms with Gasteiger partial charge in [0, 0.05) is 14.1 Å². The summed E-state index contributed by atoms with van der Waals surface area (Å²) in [5, 5.41) is 17.1. The van der Waals surface area contributed by atoms with E-state index in [1.54, 1.807) is 12.1 Å². The molecule has 2 heterocycles. The Labute approximate surface area is 202 Å². The molecule has 0 aliphatic carbocycles. The smallest absolute Gasteiger partial charge is 0.246 e. The highest BCUT2D eigenvalue weighted by Gasteiger charge is 2.30. The van der Waals surface area contributed by atoms with E-state index < -0.39 is 15.8 Å². The van der Waals surface area contributed by atoms with Crippen LogP contribution in [0, 0.1) is 5.41 Å². The molecule has 1 aromatic heterocycles. The first-order valence-corrected chi connectivity index (χ1v) is 12.7. The summed E-state index contributed by atoms with van der Waals surface area (Å²) in [6.07, 6.45) is 0. The Bertz CT molecular complexity index is 1300. The predicted molar refractivity (Wildman–Crippen MR) is 131 cm³/mol. The molecule has 34 heavy (non-hydrogen) atoms. The van der Waals surface area contributed by atoms with Crippen LogP contribution in [-0.2, 0) is 10.0 Å². The molecule has 0 bridgehead atoms. The van der Waals surface area contributed by atoms with Crippen LogP contribution < -0.4 is 20.1 Å². The quantitative estimate of drug-likeness (QED) is 0.406. The summed E-state index contributed by atoms with van der Waals surface area (Å²) in [7, 11) is -1.01. The molecule has 0 amide bonds. The monoisotopic (exact) mass is 505 g/mol. The van der Waals surface area contributed by atoms with E-state index in [-0.39, 0.29) is 28.8 Å². The predicted octanol–water partition coefficient (Wildman–Crippen LogP) is 4.17. The average Bonchev–Trinajstić information content (AvgIpc) is 3.41. The minimum atomic E-state index is -3.83. The maximum atomic E-state index is 12.5. The molecule has 182 valence electrons. The molecule has 3 N–H and O–H groups in total. The lowest BCUT2D eigenvalue weighted by Crippen LogP contribution is -2.26. The number of phenols is 1. The topological polar surface area (TPSA) is 126 Å². The van der Waals surface area contributed by atoms with Crippen LogP contribution in [0.15, 0.2) is 41.3 Å². The number of nitrogens with one attached hydrogen (secondary N) is 2. The molecule has 0 saturated heterocycles. The standard InChI is InChI=1S/C22H27N5O5S2/c1-22(2,3)19(13-9-10-15-16(11-13)32-12-31-15)24-21-20(25-33-26-21)23-14-7-6-8-17(18(14)28)34(29,30)27(4)5/h6-11,19,28H,12H2,1-5H3,(H,23,25)(H,24,26)/t19-/m0/s1. The fourth-order valence-electron chi connectivity index (χ4n) is 3.55. The van der Waals surface area contributed by atoms with E-state index >= 15 is 0 Å². The van der Waals surface area contributed by atoms with Gasteiger partial charge in [-0.25, -0.2) is 12.7 Å². The number of fused-ring (bicyclic) bond motifs is 1. The number of anilines is 3. The van der Waals surface area contributed by atoms with Crippen molar-refractivity contribution in [3.63, 3.8) is 0 Å². The molecule has 0 spiro atoms. The molecular formula is C22H27N5O5S2. The molecular weight excluding hydrogens is 478 g/mol. The summed E-state index contributed by atoms with van der Waals surface area (Å²) < 4.78 is 45.8. The Hall–Kier alpha value is -3.09. The van der Waals surface area contributed by atoms with Crippen molar-refractivity contribution < 1.29 is 23.0 Å². The summed E-state index contributed by atoms with van der Waals surface area (Å²) in [6.45, 7) is 6.50. The number of benzene rings is 2. The molecule has 2 aromatic carbocycles. The van der Waals surface area contributed by atoms with Crippen molar-refractivity contribution in [2.24, 2.45) is 5.41 Å². The first-order chi connectivity index (χ1) is 16.0. The van der Waals surface area contributed by atoms with Crippen molar-refractivity contribution in [1.29, 1.82) is 0 Å². The van der Waals surface area contributed by atoms with Gasteiger partial charge in [-0.3, -0.25) is 0 Å². The Kier molecular flexibility index (Phi) is 6.32. The van der Waals surface area contributed by atoms with Gasteiger partial charge in [0.05, 0.1) is 23.5 Å². The van der Waals surface area contributed by atoms with Gasteiger partial charge >= 0.3 is 0 Å². The maximum absolute atomic E-state index is 12.5. The second-order valence-corrected chi connectivity index (χ2v) is 11.7. The van der Waals surface area contributed by atoms with Gasteiger partial charge < -0.3 is 25.2 Å². The number of sulfonamides is 1. The summed E-state index contributed by atoms with van der Waals surface area (Å²) in [5.41, 5.74) is 0.975. The molecule has 0 unspecified atom stereocenters. The van der Waals surface area contributed by atoms with Gasteiger partial charge in [0.25, 0.3) is 0 Å². The highest BCUT2D eigenvalue weighted by atomic mass is 32.2. The Morgan fingerprint density at radius 1 is 1.09 bits per heavy atom. The molecule has 3 aromatic rings. The average molecular weight is 506 g/mol. The van der Waals surface area contributed by atoms with Crippen LogP contribution in [0.5, 0.6) is 17.2 Å². The van der Waals surface area contributed by atoms with Gasteiger partial charge in [0.1, 0.15) is 4.90 Å². The Morgan fingerprint density at radius 3 is 2.50 bits per heavy atom. The van der Waals surface area contributed by atoms with Gasteiger partial charge in [0.15, 0.2) is 28.9 Å². The second-order valence-electron chi connectivity index (χ2n) is 9.08. The number of aromatic hydroxyl groups is 1. The number of aromatic nitrogens is 2. The minimum absolute atomic E-state index is 0.166. The van der Waals surface area contributed by atoms with Gasteiger partial charge in [-0.05, 0) is 35.2 Å². The molecule has 0 fully saturated rings. The molecule has 0 radical (unpaired) electrons. The number of ether oxygens (including phenoxy) is 2. The number of nitrogens with zero attached hydrogens (tertiary/aromatic N) is 3. The largest absolute Gasteiger partial charge is 0.504 e. The van der Waals surface area contributed by atoms with Gasteiger partial charge in [0.2, 0.25) is 16.8 Å². The van der Waals surface area contributed by atoms with Gasteiger partial charge in [-0.1, -0.05) is 32.9 Å². The van der Waals surface area contributed by atoms with Crippen molar-refractivity contribution >= 4 is 39.1 Å². The van der Waals surface area contributed by atoms with Crippen LogP contribution in [0.25, 0.3) is 0 Å². The second kappa shape index (κ2) is 8.93. The minimum Gasteiger partial charge on any atom is -0.504 e. The highest BCUT2D eigenvalue weighted by molar-refractivity contribution is 7.89. The Morgan fingerprint density at radius 2 is 1.79 bits per heavy atom. The van der Waals surface area contributed by atoms with Crippen molar-refractivity contribution in [2.45, 2.75) is 31.7 Å². The molecule has 12 heteroatoms. The van der Waals surface area contributed by atoms with Crippen LogP contribution in [0.4, 0.5) is 17.3 Å². The molecule has 4 rings (SSSR count). The lowest BCUT2D eigenvalue weighted by atomic mass is 9.82. The van der Waals surface area contributed by atoms with Crippen LogP contribution in [0.1, 0.15) is 32.4 Å². The number of para-hydroxylation sites is 1. The zero-order chi connectivity index (χ0) is 24.7. The number of hydrogen-bond donors (Lipinski definition) is 3. The molecule has 1 aliphatic rings. The lowest BCUT2D eigenvalue weighted by Gasteiger charge is -2.32. The van der Waals surface area contributed by atoms with E-state index in [2.05, 4.69) is 40.2 Å². The van der Waals surface area contributed by atoms with E-state index in [1.807, 2.05) is 18.2 Å². The maximum Gasteiger partial charge on any atom is 0.246 e. The van der Waals surface area contributed by atoms with E-state index in [4.69, 9.17) is 9.47 Å². The molecule has 1 aliphatic heterocycles. The molecule has 0 saturated carbocycles. The number of hydrogen-bond acceptors (Lipinski definition) is 10. The number of phenolic OH excluding ortho intramolecular Hbond substituents is 1. The summed E-state index contributed by atoms with van der Waals surface area (Å²) in [5.74, 6) is 1.85.